The molecule has 1 fully saturated rings. The van der Waals surface area contributed by atoms with Gasteiger partial charge in [-0.25, -0.2) is 0 Å². The Bertz CT molecular complexity index is 423. The Labute approximate surface area is 121 Å². The van der Waals surface area contributed by atoms with Crippen LogP contribution in [0.3, 0.4) is 0 Å². The number of rotatable bonds is 3. The molecule has 106 valence electrons. The SMILES string of the molecule is Cc1cc(Cl)ccc1C(CN)N1CC(C)CC(C)C1. The van der Waals surface area contributed by atoms with E-state index < -0.39 is 0 Å². The maximum atomic E-state index is 6.06. The number of hydrogen-bond donors (Lipinski definition) is 1. The maximum Gasteiger partial charge on any atom is 0.0473 e. The van der Waals surface area contributed by atoms with Crippen molar-refractivity contribution in [1.29, 1.82) is 0 Å². The number of nitrogens with two attached hydrogens (primary N) is 1. The molecule has 19 heavy (non-hydrogen) atoms. The molecule has 0 amide bonds. The molecular formula is C16H25ClN2. The summed E-state index contributed by atoms with van der Waals surface area (Å²) in [6.45, 7) is 9.76. The number of benzene rings is 1. The van der Waals surface area contributed by atoms with E-state index in [-0.39, 0.29) is 0 Å². The number of piperidine rings is 1. The fourth-order valence-electron chi connectivity index (χ4n) is 3.45. The van der Waals surface area contributed by atoms with Crippen molar-refractivity contribution in [1.82, 2.24) is 4.90 Å². The minimum atomic E-state index is 0.322. The van der Waals surface area contributed by atoms with Crippen LogP contribution in [0.2, 0.25) is 5.02 Å². The normalized spacial score (nSPS) is 26.4. The van der Waals surface area contributed by atoms with Gasteiger partial charge in [-0.15, -0.1) is 0 Å². The standard InChI is InChI=1S/C16H25ClN2/c1-11-6-12(2)10-19(9-11)16(8-18)15-5-4-14(17)7-13(15)3/h4-5,7,11-12,16H,6,8-10,18H2,1-3H3. The lowest BCUT2D eigenvalue weighted by Gasteiger charge is -2.40. The number of nitrogens with zero attached hydrogens (tertiary/aromatic N) is 1. The number of likely N-dealkylation sites (tertiary alicyclic amines) is 1. The zero-order chi connectivity index (χ0) is 14.0. The largest absolute Gasteiger partial charge is 0.329 e. The number of aryl methyl sites for hydroxylation is 1. The summed E-state index contributed by atoms with van der Waals surface area (Å²) in [5.41, 5.74) is 8.63. The Morgan fingerprint density at radius 2 is 1.95 bits per heavy atom. The summed E-state index contributed by atoms with van der Waals surface area (Å²) < 4.78 is 0. The van der Waals surface area contributed by atoms with Gasteiger partial charge in [0.05, 0.1) is 0 Å². The van der Waals surface area contributed by atoms with Crippen molar-refractivity contribution >= 4 is 11.6 Å². The first-order valence-electron chi connectivity index (χ1n) is 7.21. The van der Waals surface area contributed by atoms with Crippen LogP contribution in [0.15, 0.2) is 18.2 Å². The van der Waals surface area contributed by atoms with Crippen molar-refractivity contribution in [2.45, 2.75) is 33.2 Å². The van der Waals surface area contributed by atoms with Crippen molar-refractivity contribution in [3.8, 4) is 0 Å². The second-order valence-electron chi connectivity index (χ2n) is 6.15. The summed E-state index contributed by atoms with van der Waals surface area (Å²) in [6.07, 6.45) is 1.33. The highest BCUT2D eigenvalue weighted by Gasteiger charge is 2.28. The van der Waals surface area contributed by atoms with Crippen molar-refractivity contribution in [3.63, 3.8) is 0 Å². The van der Waals surface area contributed by atoms with Gasteiger partial charge >= 0.3 is 0 Å². The second-order valence-corrected chi connectivity index (χ2v) is 6.59. The van der Waals surface area contributed by atoms with Gasteiger partial charge in [-0.2, -0.15) is 0 Å². The van der Waals surface area contributed by atoms with Crippen molar-refractivity contribution in [2.24, 2.45) is 17.6 Å². The zero-order valence-corrected chi connectivity index (χ0v) is 13.0. The van der Waals surface area contributed by atoms with Gasteiger partial charge in [0, 0.05) is 30.7 Å². The molecule has 1 aromatic carbocycles. The minimum absolute atomic E-state index is 0.322. The summed E-state index contributed by atoms with van der Waals surface area (Å²) in [4.78, 5) is 2.55. The van der Waals surface area contributed by atoms with Crippen molar-refractivity contribution in [2.75, 3.05) is 19.6 Å². The van der Waals surface area contributed by atoms with E-state index in [4.69, 9.17) is 17.3 Å². The van der Waals surface area contributed by atoms with Crippen LogP contribution in [0.25, 0.3) is 0 Å². The number of halogens is 1. The molecule has 3 heteroatoms. The molecule has 3 atom stereocenters. The molecule has 2 nitrogen and oxygen atoms in total. The van der Waals surface area contributed by atoms with Gasteiger partial charge < -0.3 is 5.73 Å². The second kappa shape index (κ2) is 6.25. The smallest absolute Gasteiger partial charge is 0.0473 e. The summed E-state index contributed by atoms with van der Waals surface area (Å²) in [7, 11) is 0. The van der Waals surface area contributed by atoms with Crippen LogP contribution in [0, 0.1) is 18.8 Å². The molecule has 1 saturated heterocycles. The summed E-state index contributed by atoms with van der Waals surface area (Å²) in [6, 6.07) is 6.47. The Kier molecular flexibility index (Phi) is 4.88. The molecule has 1 aromatic rings. The lowest BCUT2D eigenvalue weighted by Crippen LogP contribution is -2.43. The maximum absolute atomic E-state index is 6.06. The van der Waals surface area contributed by atoms with E-state index in [9.17, 15) is 0 Å². The van der Waals surface area contributed by atoms with Crippen LogP contribution < -0.4 is 5.73 Å². The highest BCUT2D eigenvalue weighted by atomic mass is 35.5. The summed E-state index contributed by atoms with van der Waals surface area (Å²) in [5, 5.41) is 0.803. The Morgan fingerprint density at radius 1 is 1.32 bits per heavy atom. The van der Waals surface area contributed by atoms with Gasteiger partial charge in [0.15, 0.2) is 0 Å². The van der Waals surface area contributed by atoms with Crippen LogP contribution in [0.4, 0.5) is 0 Å². The van der Waals surface area contributed by atoms with Gasteiger partial charge in [-0.1, -0.05) is 31.5 Å². The predicted octanol–water partition coefficient (Wildman–Crippen LogP) is 3.63. The lowest BCUT2D eigenvalue weighted by atomic mass is 9.89. The van der Waals surface area contributed by atoms with Gasteiger partial charge in [-0.05, 0) is 48.4 Å². The summed E-state index contributed by atoms with van der Waals surface area (Å²) in [5.74, 6) is 1.51. The molecular weight excluding hydrogens is 256 g/mol. The average Bonchev–Trinajstić information content (AvgIpc) is 2.31. The zero-order valence-electron chi connectivity index (χ0n) is 12.2. The van der Waals surface area contributed by atoms with E-state index in [2.05, 4.69) is 31.7 Å². The monoisotopic (exact) mass is 280 g/mol. The molecule has 3 unspecified atom stereocenters. The third-order valence-corrected chi connectivity index (χ3v) is 4.39. The van der Waals surface area contributed by atoms with Gasteiger partial charge in [-0.3, -0.25) is 4.90 Å². The van der Waals surface area contributed by atoms with Crippen LogP contribution >= 0.6 is 11.6 Å². The lowest BCUT2D eigenvalue weighted by molar-refractivity contribution is 0.0981. The summed E-state index contributed by atoms with van der Waals surface area (Å²) >= 11 is 6.05. The van der Waals surface area contributed by atoms with Gasteiger partial charge in [0.25, 0.3) is 0 Å². The third kappa shape index (κ3) is 3.50. The fraction of sp³-hybridized carbons (Fsp3) is 0.625. The van der Waals surface area contributed by atoms with Crippen molar-refractivity contribution in [3.05, 3.63) is 34.3 Å². The first kappa shape index (κ1) is 14.8. The molecule has 0 aliphatic carbocycles. The number of hydrogen-bond acceptors (Lipinski definition) is 2. The Morgan fingerprint density at radius 3 is 2.47 bits per heavy atom. The third-order valence-electron chi connectivity index (χ3n) is 4.15. The van der Waals surface area contributed by atoms with Crippen LogP contribution in [-0.4, -0.2) is 24.5 Å². The molecule has 2 rings (SSSR count). The van der Waals surface area contributed by atoms with Crippen molar-refractivity contribution < 1.29 is 0 Å². The molecule has 0 bridgehead atoms. The van der Waals surface area contributed by atoms with E-state index in [0.29, 0.717) is 12.6 Å². The molecule has 0 saturated carbocycles. The molecule has 0 aromatic heterocycles. The van der Waals surface area contributed by atoms with E-state index in [1.165, 1.54) is 17.5 Å². The highest BCUT2D eigenvalue weighted by molar-refractivity contribution is 6.30. The highest BCUT2D eigenvalue weighted by Crippen LogP contribution is 2.31. The molecule has 0 spiro atoms. The Balaban J connectivity index is 2.23. The van der Waals surface area contributed by atoms with Crippen LogP contribution in [0.1, 0.15) is 37.4 Å². The van der Waals surface area contributed by atoms with Gasteiger partial charge in [0.1, 0.15) is 0 Å². The minimum Gasteiger partial charge on any atom is -0.329 e. The van der Waals surface area contributed by atoms with E-state index in [0.717, 1.165) is 29.9 Å². The van der Waals surface area contributed by atoms with Gasteiger partial charge in [0.2, 0.25) is 0 Å². The molecule has 1 aliphatic rings. The van der Waals surface area contributed by atoms with E-state index >= 15 is 0 Å². The van der Waals surface area contributed by atoms with E-state index in [1.54, 1.807) is 0 Å². The fourth-order valence-corrected chi connectivity index (χ4v) is 3.68. The molecule has 1 aliphatic heterocycles. The predicted molar refractivity (Wildman–Crippen MR) is 82.5 cm³/mol. The van der Waals surface area contributed by atoms with Crippen LogP contribution in [0.5, 0.6) is 0 Å². The average molecular weight is 281 g/mol. The first-order valence-corrected chi connectivity index (χ1v) is 7.59. The Hall–Kier alpha value is -0.570. The molecule has 0 radical (unpaired) electrons. The topological polar surface area (TPSA) is 29.3 Å². The molecule has 2 N–H and O–H groups in total. The first-order chi connectivity index (χ1) is 9.01. The molecule has 1 heterocycles. The van der Waals surface area contributed by atoms with E-state index in [1.807, 2.05) is 12.1 Å². The van der Waals surface area contributed by atoms with Crippen LogP contribution in [-0.2, 0) is 0 Å². The quantitative estimate of drug-likeness (QED) is 0.916.